The van der Waals surface area contributed by atoms with Crippen molar-refractivity contribution in [3.05, 3.63) is 42.0 Å². The second-order valence-electron chi connectivity index (χ2n) is 4.93. The summed E-state index contributed by atoms with van der Waals surface area (Å²) in [7, 11) is 0. The van der Waals surface area contributed by atoms with Gasteiger partial charge in [0.15, 0.2) is 0 Å². The van der Waals surface area contributed by atoms with Crippen molar-refractivity contribution < 1.29 is 9.90 Å². The molecule has 104 valence electrons. The summed E-state index contributed by atoms with van der Waals surface area (Å²) in [6.45, 7) is 2.16. The molecule has 19 heavy (non-hydrogen) atoms. The maximum atomic E-state index is 11.2. The van der Waals surface area contributed by atoms with Gasteiger partial charge >= 0.3 is 5.97 Å². The minimum absolute atomic E-state index is 0.239. The molecule has 0 saturated heterocycles. The molecule has 1 N–H and O–H groups in total. The molecule has 1 rings (SSSR count). The van der Waals surface area contributed by atoms with Crippen molar-refractivity contribution in [3.63, 3.8) is 0 Å². The van der Waals surface area contributed by atoms with Crippen LogP contribution in [-0.4, -0.2) is 11.1 Å². The molecule has 0 amide bonds. The highest BCUT2D eigenvalue weighted by atomic mass is 16.4. The van der Waals surface area contributed by atoms with Gasteiger partial charge in [-0.1, -0.05) is 75.1 Å². The summed E-state index contributed by atoms with van der Waals surface area (Å²) in [6.07, 6.45) is 9.94. The summed E-state index contributed by atoms with van der Waals surface area (Å²) in [5.74, 6) is -0.911. The molecule has 0 aliphatic heterocycles. The summed E-state index contributed by atoms with van der Waals surface area (Å²) in [5, 5.41) is 9.19. The van der Waals surface area contributed by atoms with E-state index in [1.165, 1.54) is 12.8 Å². The molecule has 1 unspecified atom stereocenters. The van der Waals surface area contributed by atoms with E-state index in [0.717, 1.165) is 24.8 Å². The summed E-state index contributed by atoms with van der Waals surface area (Å²) in [5.41, 5.74) is 1.12. The van der Waals surface area contributed by atoms with Crippen LogP contribution in [0.2, 0.25) is 0 Å². The Morgan fingerprint density at radius 3 is 2.58 bits per heavy atom. The first-order valence-electron chi connectivity index (χ1n) is 7.18. The Kier molecular flexibility index (Phi) is 7.64. The average Bonchev–Trinajstić information content (AvgIpc) is 2.42. The smallest absolute Gasteiger partial charge is 0.306 e. The van der Waals surface area contributed by atoms with Crippen LogP contribution in [-0.2, 0) is 4.79 Å². The third-order valence-corrected chi connectivity index (χ3v) is 3.29. The summed E-state index contributed by atoms with van der Waals surface area (Å²) in [6, 6.07) is 9.99. The Labute approximate surface area is 116 Å². The molecule has 1 aromatic carbocycles. The second-order valence-corrected chi connectivity index (χ2v) is 4.93. The Hall–Kier alpha value is -1.57. The van der Waals surface area contributed by atoms with Crippen LogP contribution in [0, 0.1) is 5.92 Å². The molecule has 0 bridgehead atoms. The summed E-state index contributed by atoms with van der Waals surface area (Å²) >= 11 is 0. The number of carboxylic acids is 1. The maximum Gasteiger partial charge on any atom is 0.306 e. The van der Waals surface area contributed by atoms with Gasteiger partial charge in [0.05, 0.1) is 5.92 Å². The van der Waals surface area contributed by atoms with Gasteiger partial charge in [0, 0.05) is 0 Å². The van der Waals surface area contributed by atoms with E-state index in [0.29, 0.717) is 6.42 Å². The maximum absolute atomic E-state index is 11.2. The fraction of sp³-hybridized carbons (Fsp3) is 0.471. The van der Waals surface area contributed by atoms with Crippen molar-refractivity contribution >= 4 is 12.0 Å². The van der Waals surface area contributed by atoms with Gasteiger partial charge in [-0.25, -0.2) is 0 Å². The second kappa shape index (κ2) is 9.37. The summed E-state index contributed by atoms with van der Waals surface area (Å²) in [4.78, 5) is 11.2. The van der Waals surface area contributed by atoms with Crippen LogP contribution in [0.15, 0.2) is 36.4 Å². The molecule has 0 radical (unpaired) electrons. The number of hydrogen-bond donors (Lipinski definition) is 1. The van der Waals surface area contributed by atoms with Crippen LogP contribution in [0.4, 0.5) is 0 Å². The number of benzene rings is 1. The van der Waals surface area contributed by atoms with E-state index >= 15 is 0 Å². The number of aliphatic carboxylic acids is 1. The van der Waals surface area contributed by atoms with Crippen LogP contribution >= 0.6 is 0 Å². The standard InChI is InChI=1S/C17H24O2/c1-2-3-4-8-13-16(17(18)19)14-9-12-15-10-6-5-7-11-15/h5-7,9-12,16H,2-4,8,13-14H2,1H3,(H,18,19). The summed E-state index contributed by atoms with van der Waals surface area (Å²) < 4.78 is 0. The predicted molar refractivity (Wildman–Crippen MR) is 80.0 cm³/mol. The Bertz CT molecular complexity index is 382. The minimum Gasteiger partial charge on any atom is -0.481 e. The number of hydrogen-bond acceptors (Lipinski definition) is 1. The highest BCUT2D eigenvalue weighted by Crippen LogP contribution is 2.16. The molecule has 2 nitrogen and oxygen atoms in total. The lowest BCUT2D eigenvalue weighted by atomic mass is 9.97. The molecule has 0 saturated carbocycles. The first-order chi connectivity index (χ1) is 9.24. The number of allylic oxidation sites excluding steroid dienone is 1. The lowest BCUT2D eigenvalue weighted by Gasteiger charge is -2.09. The van der Waals surface area contributed by atoms with Gasteiger partial charge in [0.1, 0.15) is 0 Å². The fourth-order valence-electron chi connectivity index (χ4n) is 2.09. The van der Waals surface area contributed by atoms with E-state index < -0.39 is 5.97 Å². The molecule has 1 aromatic rings. The van der Waals surface area contributed by atoms with Crippen molar-refractivity contribution in [2.24, 2.45) is 5.92 Å². The predicted octanol–water partition coefficient (Wildman–Crippen LogP) is 4.76. The van der Waals surface area contributed by atoms with E-state index in [1.807, 2.05) is 42.5 Å². The monoisotopic (exact) mass is 260 g/mol. The first-order valence-corrected chi connectivity index (χ1v) is 7.18. The van der Waals surface area contributed by atoms with E-state index in [9.17, 15) is 9.90 Å². The number of carboxylic acid groups (broad SMARTS) is 1. The minimum atomic E-state index is -0.672. The lowest BCUT2D eigenvalue weighted by Crippen LogP contribution is -2.12. The molecule has 1 atom stereocenters. The SMILES string of the molecule is CCCCCCC(CC=Cc1ccccc1)C(=O)O. The largest absolute Gasteiger partial charge is 0.481 e. The fourth-order valence-corrected chi connectivity index (χ4v) is 2.09. The van der Waals surface area contributed by atoms with Gasteiger partial charge in [-0.3, -0.25) is 4.79 Å². The number of unbranched alkanes of at least 4 members (excludes halogenated alkanes) is 3. The van der Waals surface area contributed by atoms with Gasteiger partial charge in [-0.05, 0) is 18.4 Å². The highest BCUT2D eigenvalue weighted by Gasteiger charge is 2.14. The van der Waals surface area contributed by atoms with Crippen LogP contribution in [0.25, 0.3) is 6.08 Å². The Morgan fingerprint density at radius 2 is 1.95 bits per heavy atom. The van der Waals surface area contributed by atoms with Crippen molar-refractivity contribution in [2.45, 2.75) is 45.4 Å². The Morgan fingerprint density at radius 1 is 1.21 bits per heavy atom. The topological polar surface area (TPSA) is 37.3 Å². The third kappa shape index (κ3) is 6.80. The normalized spacial score (nSPS) is 12.7. The van der Waals surface area contributed by atoms with Gasteiger partial charge in [-0.15, -0.1) is 0 Å². The lowest BCUT2D eigenvalue weighted by molar-refractivity contribution is -0.141. The highest BCUT2D eigenvalue weighted by molar-refractivity contribution is 5.70. The molecule has 0 aliphatic carbocycles. The molecular formula is C17H24O2. The number of rotatable bonds is 9. The van der Waals surface area contributed by atoms with E-state index in [-0.39, 0.29) is 5.92 Å². The van der Waals surface area contributed by atoms with E-state index in [2.05, 4.69) is 6.92 Å². The molecule has 0 aromatic heterocycles. The van der Waals surface area contributed by atoms with Crippen LogP contribution < -0.4 is 0 Å². The molecule has 0 fully saturated rings. The van der Waals surface area contributed by atoms with Crippen molar-refractivity contribution in [3.8, 4) is 0 Å². The van der Waals surface area contributed by atoms with Crippen molar-refractivity contribution in [2.75, 3.05) is 0 Å². The molecule has 0 heterocycles. The van der Waals surface area contributed by atoms with E-state index in [4.69, 9.17) is 0 Å². The zero-order valence-electron chi connectivity index (χ0n) is 11.7. The molecule has 0 aliphatic rings. The van der Waals surface area contributed by atoms with Gasteiger partial charge < -0.3 is 5.11 Å². The van der Waals surface area contributed by atoms with Gasteiger partial charge in [-0.2, -0.15) is 0 Å². The zero-order chi connectivity index (χ0) is 13.9. The van der Waals surface area contributed by atoms with Crippen molar-refractivity contribution in [1.82, 2.24) is 0 Å². The zero-order valence-corrected chi connectivity index (χ0v) is 11.7. The average molecular weight is 260 g/mol. The van der Waals surface area contributed by atoms with Crippen molar-refractivity contribution in [1.29, 1.82) is 0 Å². The molecular weight excluding hydrogens is 236 g/mol. The van der Waals surface area contributed by atoms with Gasteiger partial charge in [0.25, 0.3) is 0 Å². The van der Waals surface area contributed by atoms with Crippen LogP contribution in [0.1, 0.15) is 51.0 Å². The molecule has 2 heteroatoms. The van der Waals surface area contributed by atoms with E-state index in [1.54, 1.807) is 0 Å². The molecule has 0 spiro atoms. The third-order valence-electron chi connectivity index (χ3n) is 3.29. The quantitative estimate of drug-likeness (QED) is 0.650. The first kappa shape index (κ1) is 15.5. The number of carbonyl (C=O) groups is 1. The Balaban J connectivity index is 2.37. The van der Waals surface area contributed by atoms with Crippen LogP contribution in [0.5, 0.6) is 0 Å². The van der Waals surface area contributed by atoms with Gasteiger partial charge in [0.2, 0.25) is 0 Å². The van der Waals surface area contributed by atoms with Crippen LogP contribution in [0.3, 0.4) is 0 Å².